The number of H-pyrrole nitrogens is 1. The summed E-state index contributed by atoms with van der Waals surface area (Å²) in [5.41, 5.74) is 0.666. The van der Waals surface area contributed by atoms with Gasteiger partial charge in [0.15, 0.2) is 16.6 Å². The lowest BCUT2D eigenvalue weighted by atomic mass is 10.4. The van der Waals surface area contributed by atoms with Crippen molar-refractivity contribution in [1.29, 1.82) is 0 Å². The summed E-state index contributed by atoms with van der Waals surface area (Å²) in [4.78, 5) is 14.8. The maximum atomic E-state index is 10.9. The Balaban J connectivity index is 2.28. The van der Waals surface area contributed by atoms with Crippen molar-refractivity contribution >= 4 is 17.2 Å². The highest BCUT2D eigenvalue weighted by atomic mass is 35.5. The number of halogens is 1. The number of nitrogens with one attached hydrogen (secondary N) is 1. The zero-order chi connectivity index (χ0) is 11.8. The molecule has 17 heavy (non-hydrogen) atoms. The molecule has 3 rings (SSSR count). The van der Waals surface area contributed by atoms with Crippen LogP contribution in [0.3, 0.4) is 0 Å². The molecule has 0 aliphatic heterocycles. The molecule has 0 saturated heterocycles. The Morgan fingerprint density at radius 2 is 2.18 bits per heavy atom. The second-order valence-corrected chi connectivity index (χ2v) is 3.60. The highest BCUT2D eigenvalue weighted by molar-refractivity contribution is 6.32. The summed E-state index contributed by atoms with van der Waals surface area (Å²) >= 11 is 5.87. The van der Waals surface area contributed by atoms with E-state index in [9.17, 15) is 4.79 Å². The Labute approximate surface area is 99.1 Å². The van der Waals surface area contributed by atoms with Crippen LogP contribution in [-0.4, -0.2) is 29.8 Å². The fourth-order valence-corrected chi connectivity index (χ4v) is 1.63. The van der Waals surface area contributed by atoms with Crippen LogP contribution in [0.25, 0.3) is 17.2 Å². The summed E-state index contributed by atoms with van der Waals surface area (Å²) in [7, 11) is 0. The van der Waals surface area contributed by atoms with Gasteiger partial charge >= 0.3 is 0 Å². The minimum absolute atomic E-state index is 0.260. The van der Waals surface area contributed by atoms with E-state index in [0.717, 1.165) is 0 Å². The van der Waals surface area contributed by atoms with E-state index in [2.05, 4.69) is 25.4 Å². The van der Waals surface area contributed by atoms with Crippen molar-refractivity contribution in [2.45, 2.75) is 0 Å². The van der Waals surface area contributed by atoms with E-state index in [4.69, 9.17) is 11.6 Å². The molecule has 1 N–H and O–H groups in total. The second kappa shape index (κ2) is 3.63. The van der Waals surface area contributed by atoms with Gasteiger partial charge in [0.1, 0.15) is 5.69 Å². The Kier molecular flexibility index (Phi) is 2.12. The molecule has 8 heteroatoms. The summed E-state index contributed by atoms with van der Waals surface area (Å²) in [5.74, 6) is 0.487. The minimum Gasteiger partial charge on any atom is -0.277 e. The fraction of sp³-hybridized carbons (Fsp3) is 0. The number of hydrogen-bond donors (Lipinski definition) is 1. The Hall–Kier alpha value is -2.28. The van der Waals surface area contributed by atoms with Crippen molar-refractivity contribution in [2.24, 2.45) is 0 Å². The molecular formula is C9H5ClN6O. The number of aromatic amines is 1. The number of aromatic nitrogens is 6. The number of nitrogens with zero attached hydrogens (tertiary/aromatic N) is 5. The van der Waals surface area contributed by atoms with Crippen molar-refractivity contribution in [1.82, 2.24) is 29.8 Å². The van der Waals surface area contributed by atoms with E-state index in [1.807, 2.05) is 0 Å². The van der Waals surface area contributed by atoms with Crippen molar-refractivity contribution in [3.05, 3.63) is 40.0 Å². The van der Waals surface area contributed by atoms with Crippen LogP contribution in [0.4, 0.5) is 0 Å². The second-order valence-electron chi connectivity index (χ2n) is 3.24. The molecule has 3 aromatic rings. The van der Waals surface area contributed by atoms with Crippen LogP contribution < -0.4 is 5.56 Å². The molecule has 0 aromatic carbocycles. The first-order valence-corrected chi connectivity index (χ1v) is 5.05. The molecule has 0 amide bonds. The quantitative estimate of drug-likeness (QED) is 0.678. The number of fused-ring (bicyclic) bond motifs is 1. The zero-order valence-corrected chi connectivity index (χ0v) is 9.09. The lowest BCUT2D eigenvalue weighted by Crippen LogP contribution is -2.06. The smallest absolute Gasteiger partial charge is 0.264 e. The first-order chi connectivity index (χ1) is 8.25. The van der Waals surface area contributed by atoms with Crippen molar-refractivity contribution in [2.75, 3.05) is 0 Å². The fourth-order valence-electron chi connectivity index (χ4n) is 1.44. The molecule has 84 valence electrons. The van der Waals surface area contributed by atoms with Gasteiger partial charge in [-0.25, -0.2) is 10.1 Å². The molecule has 3 aromatic heterocycles. The molecule has 0 unspecified atom stereocenters. The summed E-state index contributed by atoms with van der Waals surface area (Å²) in [6.07, 6.45) is 3.21. The van der Waals surface area contributed by atoms with Gasteiger partial charge in [-0.1, -0.05) is 11.6 Å². The largest absolute Gasteiger partial charge is 0.277 e. The van der Waals surface area contributed by atoms with Crippen LogP contribution in [0, 0.1) is 0 Å². The lowest BCUT2D eigenvalue weighted by molar-refractivity contribution is 0.968. The molecule has 0 spiro atoms. The highest BCUT2D eigenvalue weighted by Crippen LogP contribution is 2.17. The molecule has 0 bridgehead atoms. The van der Waals surface area contributed by atoms with Crippen LogP contribution in [0.15, 0.2) is 29.3 Å². The first-order valence-electron chi connectivity index (χ1n) is 4.67. The standard InChI is InChI=1S/C9H5ClN6O/c10-7-9-15-14-8(16(9)4-3-11-7)5-1-2-6(17)13-12-5/h1-4H,(H,13,17). The van der Waals surface area contributed by atoms with Crippen molar-refractivity contribution < 1.29 is 0 Å². The normalized spacial score (nSPS) is 10.9. The van der Waals surface area contributed by atoms with Gasteiger partial charge < -0.3 is 0 Å². The summed E-state index contributed by atoms with van der Waals surface area (Å²) in [5, 5.41) is 14.3. The average molecular weight is 249 g/mol. The van der Waals surface area contributed by atoms with Crippen molar-refractivity contribution in [3.63, 3.8) is 0 Å². The third kappa shape index (κ3) is 1.56. The van der Waals surface area contributed by atoms with Crippen LogP contribution in [0.1, 0.15) is 0 Å². The Morgan fingerprint density at radius 3 is 2.94 bits per heavy atom. The van der Waals surface area contributed by atoms with Crippen LogP contribution in [-0.2, 0) is 0 Å². The monoisotopic (exact) mass is 248 g/mol. The molecule has 0 saturated carbocycles. The SMILES string of the molecule is O=c1ccc(-c2nnc3c(Cl)nccn23)n[nH]1. The summed E-state index contributed by atoms with van der Waals surface area (Å²) in [6, 6.07) is 2.93. The molecule has 0 aliphatic rings. The maximum Gasteiger partial charge on any atom is 0.264 e. The van der Waals surface area contributed by atoms with E-state index < -0.39 is 0 Å². The number of hydrogen-bond acceptors (Lipinski definition) is 5. The molecule has 0 aliphatic carbocycles. The summed E-state index contributed by atoms with van der Waals surface area (Å²) < 4.78 is 1.65. The topological polar surface area (TPSA) is 88.8 Å². The van der Waals surface area contributed by atoms with E-state index >= 15 is 0 Å². The first kappa shape index (κ1) is 9.91. The van der Waals surface area contributed by atoms with E-state index in [1.54, 1.807) is 16.7 Å². The average Bonchev–Trinajstić information content (AvgIpc) is 2.75. The molecule has 3 heterocycles. The van der Waals surface area contributed by atoms with Gasteiger partial charge in [0.25, 0.3) is 5.56 Å². The maximum absolute atomic E-state index is 10.9. The van der Waals surface area contributed by atoms with Crippen LogP contribution >= 0.6 is 11.6 Å². The van der Waals surface area contributed by atoms with E-state index in [-0.39, 0.29) is 10.7 Å². The predicted molar refractivity (Wildman–Crippen MR) is 59.6 cm³/mol. The molecule has 0 atom stereocenters. The van der Waals surface area contributed by atoms with Gasteiger partial charge in [0.2, 0.25) is 0 Å². The molecule has 0 radical (unpaired) electrons. The molecule has 7 nitrogen and oxygen atoms in total. The summed E-state index contributed by atoms with van der Waals surface area (Å²) in [6.45, 7) is 0. The third-order valence-corrected chi connectivity index (χ3v) is 2.46. The lowest BCUT2D eigenvalue weighted by Gasteiger charge is -1.97. The molecular weight excluding hydrogens is 244 g/mol. The molecule has 0 fully saturated rings. The Bertz CT molecular complexity index is 728. The third-order valence-electron chi connectivity index (χ3n) is 2.19. The predicted octanol–water partition coefficient (Wildman–Crippen LogP) is 0.528. The zero-order valence-electron chi connectivity index (χ0n) is 8.33. The van der Waals surface area contributed by atoms with E-state index in [0.29, 0.717) is 17.2 Å². The van der Waals surface area contributed by atoms with Crippen LogP contribution in [0.2, 0.25) is 5.15 Å². The van der Waals surface area contributed by atoms with Gasteiger partial charge in [0.05, 0.1) is 0 Å². The van der Waals surface area contributed by atoms with Gasteiger partial charge in [-0.2, -0.15) is 5.10 Å². The minimum atomic E-state index is -0.276. The van der Waals surface area contributed by atoms with Gasteiger partial charge in [-0.05, 0) is 6.07 Å². The van der Waals surface area contributed by atoms with Crippen molar-refractivity contribution in [3.8, 4) is 11.5 Å². The Morgan fingerprint density at radius 1 is 1.29 bits per heavy atom. The van der Waals surface area contributed by atoms with Gasteiger partial charge in [-0.15, -0.1) is 10.2 Å². The van der Waals surface area contributed by atoms with Gasteiger partial charge in [-0.3, -0.25) is 9.20 Å². The van der Waals surface area contributed by atoms with Gasteiger partial charge in [0, 0.05) is 18.5 Å². The highest BCUT2D eigenvalue weighted by Gasteiger charge is 2.11. The van der Waals surface area contributed by atoms with E-state index in [1.165, 1.54) is 12.3 Å². The number of rotatable bonds is 1. The van der Waals surface area contributed by atoms with Crippen LogP contribution in [0.5, 0.6) is 0 Å².